The fraction of sp³-hybridized carbons (Fsp3) is 0.536. The fourth-order valence-electron chi connectivity index (χ4n) is 5.87. The van der Waals surface area contributed by atoms with Gasteiger partial charge in [-0.05, 0) is 67.6 Å². The van der Waals surface area contributed by atoms with Crippen LogP contribution in [0.25, 0.3) is 0 Å². The van der Waals surface area contributed by atoms with Gasteiger partial charge < -0.3 is 24.8 Å². The molecule has 0 bridgehead atoms. The molecule has 0 radical (unpaired) electrons. The van der Waals surface area contributed by atoms with Crippen molar-refractivity contribution in [2.45, 2.75) is 81.4 Å². The highest BCUT2D eigenvalue weighted by Gasteiger charge is 2.61. The summed E-state index contributed by atoms with van der Waals surface area (Å²) in [5.41, 5.74) is -2.14. The Hall–Kier alpha value is -3.19. The van der Waals surface area contributed by atoms with Gasteiger partial charge in [0.05, 0.1) is 12.6 Å². The molecule has 3 fully saturated rings. The Labute approximate surface area is 233 Å². The van der Waals surface area contributed by atoms with Gasteiger partial charge in [-0.25, -0.2) is 4.79 Å². The molecule has 41 heavy (non-hydrogen) atoms. The molecule has 3 aliphatic rings. The number of hydrogen-bond acceptors (Lipinski definition) is 5. The van der Waals surface area contributed by atoms with Gasteiger partial charge >= 0.3 is 18.6 Å². The highest BCUT2D eigenvalue weighted by molar-refractivity contribution is 5.89. The molecular formula is C28H31F6N3O4. The number of ether oxygens (including phenoxy) is 3. The number of rotatable bonds is 7. The number of amides is 2. The van der Waals surface area contributed by atoms with Gasteiger partial charge in [0.2, 0.25) is 0 Å². The lowest BCUT2D eigenvalue weighted by Crippen LogP contribution is -2.60. The lowest BCUT2D eigenvalue weighted by Gasteiger charge is -2.45. The van der Waals surface area contributed by atoms with Crippen LogP contribution < -0.4 is 20.1 Å². The Kier molecular flexibility index (Phi) is 8.29. The normalized spacial score (nSPS) is 25.8. The van der Waals surface area contributed by atoms with Gasteiger partial charge in [-0.2, -0.15) is 13.2 Å². The van der Waals surface area contributed by atoms with Gasteiger partial charge in [0.15, 0.2) is 11.8 Å². The van der Waals surface area contributed by atoms with Crippen LogP contribution in [0.5, 0.6) is 11.5 Å². The molecule has 5 rings (SSSR count). The third kappa shape index (κ3) is 6.66. The van der Waals surface area contributed by atoms with Crippen molar-refractivity contribution in [3.63, 3.8) is 0 Å². The van der Waals surface area contributed by atoms with E-state index in [4.69, 9.17) is 9.47 Å². The standard InChI is InChI=1S/C28H31F6N3O4/c29-27(30,31)26(14-16-39-26)18-5-3-8-22(17-18)40-24-23(9-4-15-37(24)20-6-1-2-7-20)36-25(38)35-19-10-12-21(13-11-19)41-28(32,33)34/h3,5,8,10-13,17,20,23-24H,1-2,4,6-7,9,14-16H2,(H2,35,36,38). The molecule has 2 N–H and O–H groups in total. The minimum atomic E-state index is -4.83. The number of hydrogen-bond donors (Lipinski definition) is 2. The van der Waals surface area contributed by atoms with Gasteiger partial charge in [-0.1, -0.05) is 25.0 Å². The molecule has 2 aromatic carbocycles. The topological polar surface area (TPSA) is 72.1 Å². The number of carbonyl (C=O) groups is 1. The minimum absolute atomic E-state index is 0.0157. The second kappa shape index (κ2) is 11.6. The zero-order valence-electron chi connectivity index (χ0n) is 22.1. The summed E-state index contributed by atoms with van der Waals surface area (Å²) in [5, 5.41) is 5.51. The number of piperidine rings is 1. The second-order valence-corrected chi connectivity index (χ2v) is 10.6. The van der Waals surface area contributed by atoms with Crippen molar-refractivity contribution >= 4 is 11.7 Å². The van der Waals surface area contributed by atoms with Gasteiger partial charge in [0, 0.05) is 24.7 Å². The first-order chi connectivity index (χ1) is 19.4. The molecule has 3 atom stereocenters. The molecule has 0 aromatic heterocycles. The van der Waals surface area contributed by atoms with E-state index in [9.17, 15) is 31.1 Å². The number of halogens is 6. The molecule has 2 heterocycles. The molecule has 1 aliphatic carbocycles. The van der Waals surface area contributed by atoms with Crippen molar-refractivity contribution in [3.8, 4) is 11.5 Å². The lowest BCUT2D eigenvalue weighted by molar-refractivity contribution is -0.333. The Morgan fingerprint density at radius 1 is 0.951 bits per heavy atom. The van der Waals surface area contributed by atoms with E-state index < -0.39 is 42.2 Å². The largest absolute Gasteiger partial charge is 0.573 e. The van der Waals surface area contributed by atoms with Crippen molar-refractivity contribution in [1.82, 2.24) is 10.2 Å². The van der Waals surface area contributed by atoms with Crippen LogP contribution in [0.1, 0.15) is 50.5 Å². The summed E-state index contributed by atoms with van der Waals surface area (Å²) in [4.78, 5) is 15.1. The maximum atomic E-state index is 13.9. The van der Waals surface area contributed by atoms with E-state index >= 15 is 0 Å². The van der Waals surface area contributed by atoms with Crippen LogP contribution in [0.15, 0.2) is 48.5 Å². The summed E-state index contributed by atoms with van der Waals surface area (Å²) in [6.45, 7) is 0.729. The molecule has 2 amide bonds. The number of urea groups is 1. The quantitative estimate of drug-likeness (QED) is 0.353. The molecule has 2 aromatic rings. The molecule has 1 saturated carbocycles. The van der Waals surface area contributed by atoms with E-state index in [0.717, 1.165) is 44.2 Å². The van der Waals surface area contributed by atoms with E-state index in [1.807, 2.05) is 0 Å². The maximum Gasteiger partial charge on any atom is 0.573 e. The molecular weight excluding hydrogens is 556 g/mol. The Morgan fingerprint density at radius 2 is 1.66 bits per heavy atom. The SMILES string of the molecule is O=C(Nc1ccc(OC(F)(F)F)cc1)NC1CCCN(C2CCCC2)C1Oc1cccc(C2(C(F)(F)F)CCO2)c1. The zero-order valence-corrected chi connectivity index (χ0v) is 22.1. The maximum absolute atomic E-state index is 13.9. The first kappa shape index (κ1) is 29.3. The molecule has 0 spiro atoms. The number of carbonyl (C=O) groups excluding carboxylic acids is 1. The Bertz CT molecular complexity index is 1200. The zero-order chi connectivity index (χ0) is 29.3. The van der Waals surface area contributed by atoms with Crippen molar-refractivity contribution in [2.24, 2.45) is 0 Å². The number of nitrogens with zero attached hydrogens (tertiary/aromatic N) is 1. The summed E-state index contributed by atoms with van der Waals surface area (Å²) >= 11 is 0. The first-order valence-electron chi connectivity index (χ1n) is 13.6. The minimum Gasteiger partial charge on any atom is -0.473 e. The predicted octanol–water partition coefficient (Wildman–Crippen LogP) is 6.70. The number of alkyl halides is 6. The molecule has 3 unspecified atom stereocenters. The summed E-state index contributed by atoms with van der Waals surface area (Å²) < 4.78 is 94.2. The summed E-state index contributed by atoms with van der Waals surface area (Å²) in [6, 6.07) is 9.70. The van der Waals surface area contributed by atoms with Crippen LogP contribution in [0.4, 0.5) is 36.8 Å². The third-order valence-electron chi connectivity index (χ3n) is 7.88. The van der Waals surface area contributed by atoms with Crippen LogP contribution in [-0.4, -0.2) is 54.9 Å². The van der Waals surface area contributed by atoms with Crippen LogP contribution >= 0.6 is 0 Å². The lowest BCUT2D eigenvalue weighted by atomic mass is 9.85. The number of anilines is 1. The van der Waals surface area contributed by atoms with Gasteiger partial charge in [-0.15, -0.1) is 13.2 Å². The van der Waals surface area contributed by atoms with E-state index in [0.29, 0.717) is 13.0 Å². The number of nitrogens with one attached hydrogen (secondary N) is 2. The monoisotopic (exact) mass is 587 g/mol. The van der Waals surface area contributed by atoms with Crippen LogP contribution in [0.3, 0.4) is 0 Å². The summed E-state index contributed by atoms with van der Waals surface area (Å²) in [7, 11) is 0. The van der Waals surface area contributed by atoms with Crippen LogP contribution in [0.2, 0.25) is 0 Å². The average molecular weight is 588 g/mol. The van der Waals surface area contributed by atoms with E-state index in [2.05, 4.69) is 20.3 Å². The summed E-state index contributed by atoms with van der Waals surface area (Å²) in [6.07, 6.45) is -4.86. The first-order valence-corrected chi connectivity index (χ1v) is 13.6. The fourth-order valence-corrected chi connectivity index (χ4v) is 5.87. The highest BCUT2D eigenvalue weighted by atomic mass is 19.4. The Balaban J connectivity index is 1.32. The van der Waals surface area contributed by atoms with Crippen molar-refractivity contribution in [1.29, 1.82) is 0 Å². The van der Waals surface area contributed by atoms with Crippen molar-refractivity contribution < 1.29 is 45.3 Å². The molecule has 13 heteroatoms. The Morgan fingerprint density at radius 3 is 2.27 bits per heavy atom. The van der Waals surface area contributed by atoms with Crippen LogP contribution in [-0.2, 0) is 10.3 Å². The predicted molar refractivity (Wildman–Crippen MR) is 136 cm³/mol. The molecule has 224 valence electrons. The van der Waals surface area contributed by atoms with Crippen molar-refractivity contribution in [2.75, 3.05) is 18.5 Å². The van der Waals surface area contributed by atoms with E-state index in [1.165, 1.54) is 30.3 Å². The average Bonchev–Trinajstić information content (AvgIpc) is 3.39. The third-order valence-corrected chi connectivity index (χ3v) is 7.88. The number of likely N-dealkylation sites (tertiary alicyclic amines) is 1. The molecule has 2 saturated heterocycles. The van der Waals surface area contributed by atoms with Crippen molar-refractivity contribution in [3.05, 3.63) is 54.1 Å². The van der Waals surface area contributed by atoms with E-state index in [1.54, 1.807) is 6.07 Å². The van der Waals surface area contributed by atoms with Gasteiger partial charge in [-0.3, -0.25) is 4.90 Å². The number of benzene rings is 2. The second-order valence-electron chi connectivity index (χ2n) is 10.6. The van der Waals surface area contributed by atoms with Gasteiger partial charge in [0.25, 0.3) is 0 Å². The van der Waals surface area contributed by atoms with Gasteiger partial charge in [0.1, 0.15) is 11.5 Å². The highest BCUT2D eigenvalue weighted by Crippen LogP contribution is 2.50. The smallest absolute Gasteiger partial charge is 0.473 e. The van der Waals surface area contributed by atoms with E-state index in [-0.39, 0.29) is 36.1 Å². The summed E-state index contributed by atoms with van der Waals surface area (Å²) in [5.74, 6) is -0.178. The van der Waals surface area contributed by atoms with Crippen LogP contribution in [0, 0.1) is 0 Å². The molecule has 2 aliphatic heterocycles. The molecule has 7 nitrogen and oxygen atoms in total.